The summed E-state index contributed by atoms with van der Waals surface area (Å²) in [6.07, 6.45) is 1.44. The van der Waals surface area contributed by atoms with Gasteiger partial charge < -0.3 is 14.8 Å². The predicted molar refractivity (Wildman–Crippen MR) is 128 cm³/mol. The van der Waals surface area contributed by atoms with Crippen LogP contribution in [0, 0.1) is 6.92 Å². The van der Waals surface area contributed by atoms with E-state index in [0.29, 0.717) is 28.6 Å². The highest BCUT2D eigenvalue weighted by Gasteiger charge is 2.13. The van der Waals surface area contributed by atoms with E-state index >= 15 is 0 Å². The van der Waals surface area contributed by atoms with E-state index in [0.717, 1.165) is 11.1 Å². The Labute approximate surface area is 193 Å². The lowest BCUT2D eigenvalue weighted by Gasteiger charge is -2.15. The van der Waals surface area contributed by atoms with Crippen molar-refractivity contribution in [1.29, 1.82) is 0 Å². The number of rotatable bonds is 7. The molecule has 1 atom stereocenters. The number of nitrogens with zero attached hydrogens (tertiary/aromatic N) is 2. The SMILES string of the molecule is COc1ccccc1Oc1cc(-c2cccc(C(=O)NC(C)c3ccc(C)cc3)c2)ncn1. The van der Waals surface area contributed by atoms with Crippen molar-refractivity contribution in [3.05, 3.63) is 102 Å². The zero-order valence-electron chi connectivity index (χ0n) is 18.8. The number of para-hydroxylation sites is 2. The summed E-state index contributed by atoms with van der Waals surface area (Å²) in [5, 5.41) is 3.06. The van der Waals surface area contributed by atoms with Gasteiger partial charge in [0.05, 0.1) is 18.8 Å². The molecule has 3 aromatic carbocycles. The fourth-order valence-electron chi connectivity index (χ4n) is 3.41. The Morgan fingerprint density at radius 2 is 1.67 bits per heavy atom. The van der Waals surface area contributed by atoms with Crippen LogP contribution < -0.4 is 14.8 Å². The summed E-state index contributed by atoms with van der Waals surface area (Å²) in [7, 11) is 1.59. The van der Waals surface area contributed by atoms with E-state index in [1.807, 2.05) is 74.5 Å². The molecular formula is C27H25N3O3. The number of hydrogen-bond acceptors (Lipinski definition) is 5. The van der Waals surface area contributed by atoms with Gasteiger partial charge in [-0.3, -0.25) is 4.79 Å². The average Bonchev–Trinajstić information content (AvgIpc) is 2.85. The van der Waals surface area contributed by atoms with Crippen molar-refractivity contribution in [3.63, 3.8) is 0 Å². The van der Waals surface area contributed by atoms with E-state index in [1.165, 1.54) is 11.9 Å². The Kier molecular flexibility index (Phi) is 6.64. The fraction of sp³-hybridized carbons (Fsp3) is 0.148. The molecule has 0 aliphatic rings. The number of methoxy groups -OCH3 is 1. The van der Waals surface area contributed by atoms with Crippen LogP contribution in [0.5, 0.6) is 17.4 Å². The molecule has 4 rings (SSSR count). The second kappa shape index (κ2) is 9.96. The highest BCUT2D eigenvalue weighted by atomic mass is 16.5. The fourth-order valence-corrected chi connectivity index (χ4v) is 3.41. The molecule has 1 aromatic heterocycles. The summed E-state index contributed by atoms with van der Waals surface area (Å²) in [5.74, 6) is 1.40. The number of carbonyl (C=O) groups is 1. The quantitative estimate of drug-likeness (QED) is 0.397. The van der Waals surface area contributed by atoms with Crippen molar-refractivity contribution in [2.45, 2.75) is 19.9 Å². The first kappa shape index (κ1) is 22.0. The van der Waals surface area contributed by atoms with Crippen LogP contribution in [0.2, 0.25) is 0 Å². The van der Waals surface area contributed by atoms with Gasteiger partial charge in [0.1, 0.15) is 6.33 Å². The molecule has 1 heterocycles. The van der Waals surface area contributed by atoms with Gasteiger partial charge in [0, 0.05) is 17.2 Å². The molecule has 0 bridgehead atoms. The van der Waals surface area contributed by atoms with E-state index in [9.17, 15) is 4.79 Å². The number of nitrogens with one attached hydrogen (secondary N) is 1. The van der Waals surface area contributed by atoms with Crippen molar-refractivity contribution in [3.8, 4) is 28.6 Å². The summed E-state index contributed by atoms with van der Waals surface area (Å²) in [4.78, 5) is 21.4. The number of ether oxygens (including phenoxy) is 2. The lowest BCUT2D eigenvalue weighted by atomic mass is 10.0. The van der Waals surface area contributed by atoms with Crippen molar-refractivity contribution in [2.75, 3.05) is 7.11 Å². The Hall–Kier alpha value is -4.19. The van der Waals surface area contributed by atoms with Gasteiger partial charge in [0.25, 0.3) is 5.91 Å². The summed E-state index contributed by atoms with van der Waals surface area (Å²) in [5.41, 5.74) is 4.23. The summed E-state index contributed by atoms with van der Waals surface area (Å²) >= 11 is 0. The van der Waals surface area contributed by atoms with Gasteiger partial charge in [-0.25, -0.2) is 9.97 Å². The second-order valence-electron chi connectivity index (χ2n) is 7.68. The Balaban J connectivity index is 1.52. The zero-order valence-corrected chi connectivity index (χ0v) is 18.8. The molecule has 0 spiro atoms. The van der Waals surface area contributed by atoms with Crippen LogP contribution in [-0.2, 0) is 0 Å². The number of carbonyl (C=O) groups excluding carboxylic acids is 1. The number of aromatic nitrogens is 2. The normalized spacial score (nSPS) is 11.5. The second-order valence-corrected chi connectivity index (χ2v) is 7.68. The largest absolute Gasteiger partial charge is 0.493 e. The molecule has 1 unspecified atom stereocenters. The van der Waals surface area contributed by atoms with Crippen LogP contribution in [0.15, 0.2) is 85.2 Å². The minimum absolute atomic E-state index is 0.110. The Morgan fingerprint density at radius 1 is 0.909 bits per heavy atom. The molecule has 4 aromatic rings. The van der Waals surface area contributed by atoms with Crippen molar-refractivity contribution in [2.24, 2.45) is 0 Å². The molecule has 0 aliphatic carbocycles. The van der Waals surface area contributed by atoms with E-state index in [-0.39, 0.29) is 11.9 Å². The maximum Gasteiger partial charge on any atom is 0.251 e. The highest BCUT2D eigenvalue weighted by Crippen LogP contribution is 2.31. The van der Waals surface area contributed by atoms with Gasteiger partial charge in [0.15, 0.2) is 11.5 Å². The summed E-state index contributed by atoms with van der Waals surface area (Å²) in [6.45, 7) is 4.01. The molecule has 0 radical (unpaired) electrons. The number of benzene rings is 3. The topological polar surface area (TPSA) is 73.3 Å². The zero-order chi connectivity index (χ0) is 23.2. The van der Waals surface area contributed by atoms with Crippen LogP contribution in [0.3, 0.4) is 0 Å². The molecule has 1 N–H and O–H groups in total. The van der Waals surface area contributed by atoms with Gasteiger partial charge in [-0.1, -0.05) is 54.1 Å². The maximum absolute atomic E-state index is 12.9. The Bertz CT molecular complexity index is 1260. The minimum Gasteiger partial charge on any atom is -0.493 e. The standard InChI is InChI=1S/C27H25N3O3/c1-18-11-13-20(14-12-18)19(2)30-27(31)22-8-6-7-21(15-22)23-16-26(29-17-28-23)33-25-10-5-4-9-24(25)32-3/h4-17,19H,1-3H3,(H,30,31). The van der Waals surface area contributed by atoms with Crippen LogP contribution in [0.1, 0.15) is 34.5 Å². The van der Waals surface area contributed by atoms with E-state index < -0.39 is 0 Å². The Morgan fingerprint density at radius 3 is 2.42 bits per heavy atom. The van der Waals surface area contributed by atoms with Crippen molar-refractivity contribution in [1.82, 2.24) is 15.3 Å². The van der Waals surface area contributed by atoms with Crippen LogP contribution in [-0.4, -0.2) is 23.0 Å². The monoisotopic (exact) mass is 439 g/mol. The number of hydrogen-bond donors (Lipinski definition) is 1. The lowest BCUT2D eigenvalue weighted by molar-refractivity contribution is 0.0940. The summed E-state index contributed by atoms with van der Waals surface area (Å²) < 4.78 is 11.2. The van der Waals surface area contributed by atoms with Crippen LogP contribution in [0.25, 0.3) is 11.3 Å². The van der Waals surface area contributed by atoms with E-state index in [2.05, 4.69) is 15.3 Å². The third-order valence-corrected chi connectivity index (χ3v) is 5.27. The lowest BCUT2D eigenvalue weighted by Crippen LogP contribution is -2.26. The summed E-state index contributed by atoms with van der Waals surface area (Å²) in [6, 6.07) is 24.4. The third kappa shape index (κ3) is 5.36. The minimum atomic E-state index is -0.149. The van der Waals surface area contributed by atoms with E-state index in [4.69, 9.17) is 9.47 Å². The molecule has 33 heavy (non-hydrogen) atoms. The first-order chi connectivity index (χ1) is 16.0. The molecule has 0 saturated heterocycles. The molecule has 0 aliphatic heterocycles. The molecule has 0 saturated carbocycles. The van der Waals surface area contributed by atoms with Gasteiger partial charge in [0.2, 0.25) is 5.88 Å². The van der Waals surface area contributed by atoms with Gasteiger partial charge in [-0.05, 0) is 43.7 Å². The highest BCUT2D eigenvalue weighted by molar-refractivity contribution is 5.95. The van der Waals surface area contributed by atoms with Gasteiger partial charge in [-0.15, -0.1) is 0 Å². The predicted octanol–water partition coefficient (Wildman–Crippen LogP) is 5.74. The molecule has 0 fully saturated rings. The molecule has 166 valence electrons. The smallest absolute Gasteiger partial charge is 0.251 e. The first-order valence-corrected chi connectivity index (χ1v) is 10.6. The number of aryl methyl sites for hydroxylation is 1. The third-order valence-electron chi connectivity index (χ3n) is 5.27. The van der Waals surface area contributed by atoms with Crippen LogP contribution >= 0.6 is 0 Å². The molecular weight excluding hydrogens is 414 g/mol. The molecule has 1 amide bonds. The van der Waals surface area contributed by atoms with E-state index in [1.54, 1.807) is 25.3 Å². The molecule has 6 heteroatoms. The maximum atomic E-state index is 12.9. The van der Waals surface area contributed by atoms with Crippen molar-refractivity contribution >= 4 is 5.91 Å². The average molecular weight is 440 g/mol. The first-order valence-electron chi connectivity index (χ1n) is 10.6. The molecule has 6 nitrogen and oxygen atoms in total. The van der Waals surface area contributed by atoms with Crippen LogP contribution in [0.4, 0.5) is 0 Å². The van der Waals surface area contributed by atoms with Crippen molar-refractivity contribution < 1.29 is 14.3 Å². The van der Waals surface area contributed by atoms with Gasteiger partial charge in [-0.2, -0.15) is 0 Å². The number of amides is 1. The van der Waals surface area contributed by atoms with Gasteiger partial charge >= 0.3 is 0 Å².